The summed E-state index contributed by atoms with van der Waals surface area (Å²) >= 11 is 0. The van der Waals surface area contributed by atoms with Gasteiger partial charge in [-0.2, -0.15) is 0 Å². The van der Waals surface area contributed by atoms with Gasteiger partial charge in [0.05, 0.1) is 23.2 Å². The number of halogens is 1. The van der Waals surface area contributed by atoms with E-state index in [9.17, 15) is 4.39 Å². The van der Waals surface area contributed by atoms with Gasteiger partial charge in [0.15, 0.2) is 5.58 Å². The van der Waals surface area contributed by atoms with Crippen LogP contribution >= 0.6 is 0 Å². The molecule has 8 aromatic rings. The number of fused-ring (bicyclic) bond motifs is 10. The molecule has 242 valence electrons. The largest absolute Gasteiger partial charge is 0.462 e. The normalized spacial score (nSPS) is 13.7. The minimum absolute atomic E-state index is 0.0436. The van der Waals surface area contributed by atoms with Crippen LogP contribution in [0.25, 0.3) is 32.8 Å². The van der Waals surface area contributed by atoms with Gasteiger partial charge in [-0.05, 0) is 95.0 Å². The van der Waals surface area contributed by atoms with Gasteiger partial charge >= 0.3 is 0 Å². The smallest absolute Gasteiger partial charge is 0.252 e. The van der Waals surface area contributed by atoms with E-state index in [0.29, 0.717) is 0 Å². The summed E-state index contributed by atoms with van der Waals surface area (Å²) in [5.41, 5.74) is 15.7. The highest BCUT2D eigenvalue weighted by atomic mass is 19.1. The average molecular weight is 652 g/mol. The molecule has 2 aliphatic heterocycles. The molecule has 50 heavy (non-hydrogen) atoms. The van der Waals surface area contributed by atoms with Gasteiger partial charge in [-0.3, -0.25) is 0 Å². The van der Waals surface area contributed by atoms with Crippen molar-refractivity contribution in [2.45, 2.75) is 33.1 Å². The highest BCUT2D eigenvalue weighted by Gasteiger charge is 2.45. The van der Waals surface area contributed by atoms with Crippen LogP contribution in [-0.4, -0.2) is 11.3 Å². The van der Waals surface area contributed by atoms with Crippen molar-refractivity contribution in [1.29, 1.82) is 0 Å². The Balaban J connectivity index is 1.37. The Morgan fingerprint density at radius 3 is 2.04 bits per heavy atom. The number of aryl methyl sites for hydroxylation is 2. The Morgan fingerprint density at radius 1 is 0.680 bits per heavy atom. The van der Waals surface area contributed by atoms with E-state index in [1.807, 2.05) is 18.2 Å². The van der Waals surface area contributed by atoms with E-state index >= 15 is 0 Å². The number of hydrogen-bond acceptors (Lipinski definition) is 3. The van der Waals surface area contributed by atoms with Crippen LogP contribution < -0.4 is 26.2 Å². The lowest BCUT2D eigenvalue weighted by Crippen LogP contribution is -2.61. The van der Waals surface area contributed by atoms with Gasteiger partial charge in [0.2, 0.25) is 0 Å². The molecule has 0 fully saturated rings. The third-order valence-electron chi connectivity index (χ3n) is 10.9. The fraction of sp³-hybridized carbons (Fsp3) is 0.136. The van der Waals surface area contributed by atoms with Crippen molar-refractivity contribution in [3.05, 3.63) is 138 Å². The summed E-state index contributed by atoms with van der Waals surface area (Å²) in [6.45, 7) is 8.92. The second-order valence-electron chi connectivity index (χ2n) is 14.9. The Morgan fingerprint density at radius 2 is 1.32 bits per heavy atom. The maximum atomic E-state index is 14.5. The molecular formula is C44H35BFN3O. The molecule has 0 saturated heterocycles. The van der Waals surface area contributed by atoms with Crippen LogP contribution in [0.1, 0.15) is 31.9 Å². The Hall–Kier alpha value is -5.75. The molecule has 0 radical (unpaired) electrons. The molecule has 6 aromatic carbocycles. The van der Waals surface area contributed by atoms with E-state index < -0.39 is 0 Å². The van der Waals surface area contributed by atoms with Crippen LogP contribution in [0.15, 0.2) is 126 Å². The van der Waals surface area contributed by atoms with Crippen molar-refractivity contribution < 1.29 is 8.81 Å². The van der Waals surface area contributed by atoms with Crippen molar-refractivity contribution in [3.63, 3.8) is 0 Å². The van der Waals surface area contributed by atoms with E-state index in [-0.39, 0.29) is 17.9 Å². The first kappa shape index (κ1) is 29.2. The molecule has 0 N–H and O–H groups in total. The number of rotatable bonds is 2. The van der Waals surface area contributed by atoms with Gasteiger partial charge in [0, 0.05) is 51.5 Å². The van der Waals surface area contributed by atoms with Gasteiger partial charge in [-0.15, -0.1) is 0 Å². The van der Waals surface area contributed by atoms with Crippen molar-refractivity contribution in [2.24, 2.45) is 7.05 Å². The molecule has 2 aromatic heterocycles. The predicted molar refractivity (Wildman–Crippen MR) is 208 cm³/mol. The van der Waals surface area contributed by atoms with Gasteiger partial charge in [-0.1, -0.05) is 80.9 Å². The highest BCUT2D eigenvalue weighted by molar-refractivity contribution is 7.00. The second-order valence-corrected chi connectivity index (χ2v) is 14.9. The fourth-order valence-corrected chi connectivity index (χ4v) is 8.72. The minimum Gasteiger partial charge on any atom is -0.462 e. The molecule has 6 heteroatoms. The quantitative estimate of drug-likeness (QED) is 0.174. The van der Waals surface area contributed by atoms with Gasteiger partial charge in [0.25, 0.3) is 6.71 Å². The second kappa shape index (κ2) is 10.1. The molecule has 10 rings (SSSR count). The predicted octanol–water partition coefficient (Wildman–Crippen LogP) is 9.91. The van der Waals surface area contributed by atoms with Crippen LogP contribution in [0.2, 0.25) is 0 Å². The molecule has 4 nitrogen and oxygen atoms in total. The average Bonchev–Trinajstić information content (AvgIpc) is 3.71. The number of furan rings is 1. The van der Waals surface area contributed by atoms with Crippen molar-refractivity contribution >= 4 is 90.0 Å². The lowest BCUT2D eigenvalue weighted by molar-refractivity contribution is 0.596. The zero-order valence-corrected chi connectivity index (χ0v) is 28.8. The first-order valence-electron chi connectivity index (χ1n) is 17.3. The van der Waals surface area contributed by atoms with Gasteiger partial charge in [-0.25, -0.2) is 4.39 Å². The van der Waals surface area contributed by atoms with Crippen molar-refractivity contribution in [1.82, 2.24) is 4.57 Å². The van der Waals surface area contributed by atoms with Crippen LogP contribution in [0.3, 0.4) is 0 Å². The van der Waals surface area contributed by atoms with Gasteiger partial charge in [0.1, 0.15) is 5.82 Å². The maximum absolute atomic E-state index is 14.5. The van der Waals surface area contributed by atoms with Gasteiger partial charge < -0.3 is 18.8 Å². The topological polar surface area (TPSA) is 24.6 Å². The molecule has 0 atom stereocenters. The summed E-state index contributed by atoms with van der Waals surface area (Å²) in [4.78, 5) is 4.74. The highest BCUT2D eigenvalue weighted by Crippen LogP contribution is 2.49. The molecule has 0 unspecified atom stereocenters. The number of nitrogens with zero attached hydrogens (tertiary/aromatic N) is 3. The summed E-state index contributed by atoms with van der Waals surface area (Å²) in [5, 5.41) is 3.58. The summed E-state index contributed by atoms with van der Waals surface area (Å²) in [6, 6.07) is 40.2. The first-order chi connectivity index (χ1) is 24.2. The SMILES string of the molecule is Cc1ccc(N2c3cccc4c3B(c3ccc5ccoc5c32)c2ccc3c5c(C(C)(C)C)cccc5n(C)c3c2N4c2ccc(F)cc2)cc1. The lowest BCUT2D eigenvalue weighted by atomic mass is 9.33. The van der Waals surface area contributed by atoms with E-state index in [4.69, 9.17) is 4.42 Å². The number of benzene rings is 6. The summed E-state index contributed by atoms with van der Waals surface area (Å²) in [5.74, 6) is -0.251. The van der Waals surface area contributed by atoms with Crippen LogP contribution in [0.4, 0.5) is 38.5 Å². The van der Waals surface area contributed by atoms with Crippen LogP contribution in [0, 0.1) is 12.7 Å². The van der Waals surface area contributed by atoms with Crippen molar-refractivity contribution in [3.8, 4) is 0 Å². The van der Waals surface area contributed by atoms with E-state index in [1.54, 1.807) is 18.4 Å². The zero-order valence-electron chi connectivity index (χ0n) is 28.8. The monoisotopic (exact) mass is 651 g/mol. The summed E-state index contributed by atoms with van der Waals surface area (Å²) in [7, 11) is 2.19. The molecule has 0 saturated carbocycles. The molecule has 4 heterocycles. The third-order valence-corrected chi connectivity index (χ3v) is 10.9. The van der Waals surface area contributed by atoms with E-state index in [1.165, 1.54) is 43.8 Å². The van der Waals surface area contributed by atoms with Crippen LogP contribution in [0.5, 0.6) is 0 Å². The third kappa shape index (κ3) is 3.87. The first-order valence-corrected chi connectivity index (χ1v) is 17.3. The number of anilines is 6. The molecule has 0 spiro atoms. The maximum Gasteiger partial charge on any atom is 0.252 e. The lowest BCUT2D eigenvalue weighted by Gasteiger charge is -2.44. The summed E-state index contributed by atoms with van der Waals surface area (Å²) in [6.07, 6.45) is 1.79. The Kier molecular flexibility index (Phi) is 5.92. The minimum atomic E-state index is -0.251. The molecular weight excluding hydrogens is 616 g/mol. The molecule has 2 aliphatic rings. The molecule has 0 amide bonds. The summed E-state index contributed by atoms with van der Waals surface area (Å²) < 4.78 is 23.2. The van der Waals surface area contributed by atoms with Crippen molar-refractivity contribution in [2.75, 3.05) is 9.80 Å². The zero-order chi connectivity index (χ0) is 34.1. The standard InChI is InChI=1S/C44H35BFN3O/c1-26-12-17-29(18-13-26)49-37-11-7-10-36-39(37)45(34-22-14-27-24-25-50-43(27)42(34)49)33-23-21-31-38-32(44(2,3)4)8-6-9-35(38)47(5)40(31)41(33)48(36)30-19-15-28(46)16-20-30/h6-25H,1-5H3. The van der Waals surface area contributed by atoms with Crippen LogP contribution in [-0.2, 0) is 12.5 Å². The number of hydrogen-bond donors (Lipinski definition) is 0. The van der Waals surface area contributed by atoms with E-state index in [0.717, 1.165) is 50.6 Å². The Labute approximate surface area is 291 Å². The fourth-order valence-electron chi connectivity index (χ4n) is 8.72. The number of aromatic nitrogens is 1. The molecule has 0 aliphatic carbocycles. The molecule has 0 bridgehead atoms. The van der Waals surface area contributed by atoms with E-state index in [2.05, 4.69) is 134 Å². The Bertz CT molecular complexity index is 2680.